The third-order valence-electron chi connectivity index (χ3n) is 4.76. The first kappa shape index (κ1) is 20.4. The smallest absolute Gasteiger partial charge is 0.267 e. The van der Waals surface area contributed by atoms with Crippen molar-refractivity contribution in [2.24, 2.45) is 0 Å². The lowest BCUT2D eigenvalue weighted by molar-refractivity contribution is -0.133. The normalized spacial score (nSPS) is 15.3. The van der Waals surface area contributed by atoms with Crippen LogP contribution in [0.4, 0.5) is 11.4 Å². The first-order valence-corrected chi connectivity index (χ1v) is 9.52. The Bertz CT molecular complexity index is 911. The molecule has 1 heterocycles. The Morgan fingerprint density at radius 1 is 1.14 bits per heavy atom. The number of carbonyl (C=O) groups excluding carboxylic acids is 3. The Morgan fingerprint density at radius 3 is 2.55 bits per heavy atom. The SMILES string of the molecule is Cc1ccc(NC(=O)CN(C)C(=O)CCN2C(=O)[C@@H](C)Oc3ccccc32)cc1. The lowest BCUT2D eigenvalue weighted by Crippen LogP contribution is -2.46. The molecule has 0 spiro atoms. The molecule has 7 nitrogen and oxygen atoms in total. The molecule has 3 rings (SSSR count). The van der Waals surface area contributed by atoms with Gasteiger partial charge in [-0.2, -0.15) is 0 Å². The van der Waals surface area contributed by atoms with Crippen molar-refractivity contribution in [2.75, 3.05) is 30.4 Å². The van der Waals surface area contributed by atoms with Crippen LogP contribution in [0.2, 0.25) is 0 Å². The van der Waals surface area contributed by atoms with Crippen LogP contribution < -0.4 is 15.0 Å². The Kier molecular flexibility index (Phi) is 6.16. The third kappa shape index (κ3) is 4.93. The van der Waals surface area contributed by atoms with Gasteiger partial charge in [-0.1, -0.05) is 29.8 Å². The fourth-order valence-corrected chi connectivity index (χ4v) is 3.13. The van der Waals surface area contributed by atoms with Crippen LogP contribution in [-0.4, -0.2) is 48.9 Å². The summed E-state index contributed by atoms with van der Waals surface area (Å²) in [5.41, 5.74) is 2.44. The van der Waals surface area contributed by atoms with Gasteiger partial charge in [-0.15, -0.1) is 0 Å². The van der Waals surface area contributed by atoms with Crippen LogP contribution in [0.5, 0.6) is 5.75 Å². The molecule has 1 aliphatic heterocycles. The summed E-state index contributed by atoms with van der Waals surface area (Å²) >= 11 is 0. The highest BCUT2D eigenvalue weighted by molar-refractivity contribution is 6.00. The van der Waals surface area contributed by atoms with E-state index in [-0.39, 0.29) is 37.2 Å². The van der Waals surface area contributed by atoms with E-state index in [2.05, 4.69) is 5.32 Å². The van der Waals surface area contributed by atoms with Crippen molar-refractivity contribution in [3.63, 3.8) is 0 Å². The minimum absolute atomic E-state index is 0.0588. The number of ether oxygens (including phenoxy) is 1. The molecule has 0 bridgehead atoms. The molecule has 2 aromatic carbocycles. The predicted octanol–water partition coefficient (Wildman–Crippen LogP) is 2.60. The Balaban J connectivity index is 1.55. The van der Waals surface area contributed by atoms with E-state index < -0.39 is 6.10 Å². The predicted molar refractivity (Wildman–Crippen MR) is 111 cm³/mol. The quantitative estimate of drug-likeness (QED) is 0.815. The maximum atomic E-state index is 12.5. The van der Waals surface area contributed by atoms with Gasteiger partial charge in [-0.05, 0) is 38.1 Å². The van der Waals surface area contributed by atoms with Crippen LogP contribution >= 0.6 is 0 Å². The second kappa shape index (κ2) is 8.77. The van der Waals surface area contributed by atoms with Crippen LogP contribution in [0.1, 0.15) is 18.9 Å². The van der Waals surface area contributed by atoms with Gasteiger partial charge in [0.2, 0.25) is 11.8 Å². The first-order chi connectivity index (χ1) is 13.8. The summed E-state index contributed by atoms with van der Waals surface area (Å²) in [7, 11) is 1.58. The van der Waals surface area contributed by atoms with Crippen molar-refractivity contribution < 1.29 is 19.1 Å². The first-order valence-electron chi connectivity index (χ1n) is 9.52. The molecule has 7 heteroatoms. The van der Waals surface area contributed by atoms with Gasteiger partial charge in [0.25, 0.3) is 5.91 Å². The number of fused-ring (bicyclic) bond motifs is 1. The maximum Gasteiger partial charge on any atom is 0.267 e. The van der Waals surface area contributed by atoms with Crippen LogP contribution in [0, 0.1) is 6.92 Å². The van der Waals surface area contributed by atoms with E-state index in [1.54, 1.807) is 31.0 Å². The number of amides is 3. The summed E-state index contributed by atoms with van der Waals surface area (Å²) in [6.07, 6.45) is -0.487. The maximum absolute atomic E-state index is 12.5. The van der Waals surface area contributed by atoms with Crippen molar-refractivity contribution in [3.8, 4) is 5.75 Å². The number of carbonyl (C=O) groups is 3. The molecule has 3 amide bonds. The van der Waals surface area contributed by atoms with Gasteiger partial charge in [0.05, 0.1) is 12.2 Å². The van der Waals surface area contributed by atoms with Gasteiger partial charge in [0.1, 0.15) is 5.75 Å². The van der Waals surface area contributed by atoms with Crippen LogP contribution in [0.25, 0.3) is 0 Å². The fraction of sp³-hybridized carbons (Fsp3) is 0.318. The van der Waals surface area contributed by atoms with Gasteiger partial charge in [-0.25, -0.2) is 0 Å². The minimum Gasteiger partial charge on any atom is -0.479 e. The molecule has 0 aromatic heterocycles. The Morgan fingerprint density at radius 2 is 1.83 bits per heavy atom. The van der Waals surface area contributed by atoms with Gasteiger partial charge >= 0.3 is 0 Å². The molecule has 2 aromatic rings. The molecule has 29 heavy (non-hydrogen) atoms. The molecule has 0 aliphatic carbocycles. The van der Waals surface area contributed by atoms with E-state index in [1.165, 1.54) is 4.90 Å². The topological polar surface area (TPSA) is 79.0 Å². The van der Waals surface area contributed by atoms with E-state index in [0.29, 0.717) is 17.1 Å². The van der Waals surface area contributed by atoms with Crippen molar-refractivity contribution in [1.82, 2.24) is 4.90 Å². The standard InChI is InChI=1S/C22H25N3O4/c1-15-8-10-17(11-9-15)23-20(26)14-24(3)21(27)12-13-25-18-6-4-5-7-19(18)29-16(2)22(25)28/h4-11,16H,12-14H2,1-3H3,(H,23,26)/t16-/m1/s1. The monoisotopic (exact) mass is 395 g/mol. The summed E-state index contributed by atoms with van der Waals surface area (Å²) in [5.74, 6) is -0.0475. The molecule has 0 unspecified atom stereocenters. The summed E-state index contributed by atoms with van der Waals surface area (Å²) in [6, 6.07) is 14.7. The number of hydrogen-bond acceptors (Lipinski definition) is 4. The number of anilines is 2. The summed E-state index contributed by atoms with van der Waals surface area (Å²) in [6.45, 7) is 3.83. The number of rotatable bonds is 6. The number of aryl methyl sites for hydroxylation is 1. The number of hydrogen-bond donors (Lipinski definition) is 1. The molecule has 0 saturated carbocycles. The zero-order chi connectivity index (χ0) is 21.0. The highest BCUT2D eigenvalue weighted by atomic mass is 16.5. The summed E-state index contributed by atoms with van der Waals surface area (Å²) in [4.78, 5) is 40.1. The number of benzene rings is 2. The van der Waals surface area contributed by atoms with Gasteiger partial charge < -0.3 is 19.9 Å². The lowest BCUT2D eigenvalue weighted by atomic mass is 10.1. The number of nitrogens with zero attached hydrogens (tertiary/aromatic N) is 2. The second-order valence-electron chi connectivity index (χ2n) is 7.13. The highest BCUT2D eigenvalue weighted by Gasteiger charge is 2.31. The van der Waals surface area contributed by atoms with E-state index in [0.717, 1.165) is 5.56 Å². The zero-order valence-electron chi connectivity index (χ0n) is 16.8. The number of nitrogens with one attached hydrogen (secondary N) is 1. The van der Waals surface area contributed by atoms with E-state index >= 15 is 0 Å². The molecule has 0 saturated heterocycles. The second-order valence-corrected chi connectivity index (χ2v) is 7.13. The van der Waals surface area contributed by atoms with Crippen LogP contribution in [-0.2, 0) is 14.4 Å². The summed E-state index contributed by atoms with van der Waals surface area (Å²) < 4.78 is 5.61. The summed E-state index contributed by atoms with van der Waals surface area (Å²) in [5, 5.41) is 2.77. The average Bonchev–Trinajstić information content (AvgIpc) is 2.69. The van der Waals surface area contributed by atoms with Gasteiger partial charge in [0.15, 0.2) is 6.10 Å². The molecule has 0 fully saturated rings. The molecule has 1 N–H and O–H groups in total. The van der Waals surface area contributed by atoms with Gasteiger partial charge in [0, 0.05) is 25.7 Å². The van der Waals surface area contributed by atoms with Crippen molar-refractivity contribution in [3.05, 3.63) is 54.1 Å². The molecule has 1 aliphatic rings. The van der Waals surface area contributed by atoms with E-state index in [1.807, 2.05) is 43.3 Å². The fourth-order valence-electron chi connectivity index (χ4n) is 3.13. The van der Waals surface area contributed by atoms with Crippen molar-refractivity contribution >= 4 is 29.1 Å². The van der Waals surface area contributed by atoms with Crippen LogP contribution in [0.3, 0.4) is 0 Å². The van der Waals surface area contributed by atoms with Crippen molar-refractivity contribution in [1.29, 1.82) is 0 Å². The van der Waals surface area contributed by atoms with E-state index in [9.17, 15) is 14.4 Å². The Labute approximate surface area is 170 Å². The third-order valence-corrected chi connectivity index (χ3v) is 4.76. The zero-order valence-corrected chi connectivity index (χ0v) is 16.8. The average molecular weight is 395 g/mol. The number of para-hydroxylation sites is 2. The molecular weight excluding hydrogens is 370 g/mol. The molecule has 1 atom stereocenters. The molecular formula is C22H25N3O4. The van der Waals surface area contributed by atoms with E-state index in [4.69, 9.17) is 4.74 Å². The van der Waals surface area contributed by atoms with Gasteiger partial charge in [-0.3, -0.25) is 14.4 Å². The largest absolute Gasteiger partial charge is 0.479 e. The molecule has 0 radical (unpaired) electrons. The molecule has 152 valence electrons. The number of likely N-dealkylation sites (N-methyl/N-ethyl adjacent to an activating group) is 1. The Hall–Kier alpha value is -3.35. The van der Waals surface area contributed by atoms with Crippen LogP contribution in [0.15, 0.2) is 48.5 Å². The lowest BCUT2D eigenvalue weighted by Gasteiger charge is -2.33. The minimum atomic E-state index is -0.599. The van der Waals surface area contributed by atoms with Crippen molar-refractivity contribution in [2.45, 2.75) is 26.4 Å². The highest BCUT2D eigenvalue weighted by Crippen LogP contribution is 2.33.